The van der Waals surface area contributed by atoms with Crippen molar-refractivity contribution in [2.45, 2.75) is 32.7 Å². The Bertz CT molecular complexity index is 1280. The number of amides is 1. The van der Waals surface area contributed by atoms with Gasteiger partial charge in [0.25, 0.3) is 0 Å². The van der Waals surface area contributed by atoms with Gasteiger partial charge in [0.1, 0.15) is 22.7 Å². The molecule has 0 radical (unpaired) electrons. The smallest absolute Gasteiger partial charge is 0.248 e. The lowest BCUT2D eigenvalue weighted by Crippen LogP contribution is -2.23. The summed E-state index contributed by atoms with van der Waals surface area (Å²) in [6, 6.07) is 16.5. The molecule has 5 rings (SSSR count). The van der Waals surface area contributed by atoms with Crippen LogP contribution in [0.1, 0.15) is 38.3 Å². The van der Waals surface area contributed by atoms with Crippen LogP contribution in [0, 0.1) is 5.92 Å². The van der Waals surface area contributed by atoms with Gasteiger partial charge in [0.05, 0.1) is 12.6 Å². The predicted molar refractivity (Wildman–Crippen MR) is 122 cm³/mol. The molecule has 33 heavy (non-hydrogen) atoms. The first kappa shape index (κ1) is 20.9. The largest absolute Gasteiger partial charge is 0.493 e. The van der Waals surface area contributed by atoms with Crippen LogP contribution in [0.4, 0.5) is 0 Å². The van der Waals surface area contributed by atoms with Gasteiger partial charge in [0.2, 0.25) is 17.7 Å². The Labute approximate surface area is 191 Å². The highest BCUT2D eigenvalue weighted by Crippen LogP contribution is 2.31. The standard InChI is InChI=1S/C25H24N4O4/c1-15(26-16(2)30)18-8-9-21-23(12-18)33-25(27-21)22-10-11-24(29-28-22)32-20-5-3-4-19(13-20)31-14-17-6-7-17/h3-5,8-13,15,17H,6-7,14H2,1-2H3,(H,26,30). The summed E-state index contributed by atoms with van der Waals surface area (Å²) in [6.45, 7) is 4.16. The van der Waals surface area contributed by atoms with E-state index in [1.165, 1.54) is 19.8 Å². The number of carbonyl (C=O) groups excluding carboxylic acids is 1. The summed E-state index contributed by atoms with van der Waals surface area (Å²) in [5, 5.41) is 11.2. The summed E-state index contributed by atoms with van der Waals surface area (Å²) >= 11 is 0. The molecule has 0 aliphatic heterocycles. The number of rotatable bonds is 8. The molecule has 1 N–H and O–H groups in total. The zero-order valence-electron chi connectivity index (χ0n) is 18.4. The van der Waals surface area contributed by atoms with Gasteiger partial charge in [-0.1, -0.05) is 12.1 Å². The third-order valence-corrected chi connectivity index (χ3v) is 5.40. The molecule has 1 aliphatic carbocycles. The minimum atomic E-state index is -0.130. The van der Waals surface area contributed by atoms with Gasteiger partial charge in [-0.15, -0.1) is 10.2 Å². The average Bonchev–Trinajstić information content (AvgIpc) is 3.54. The SMILES string of the molecule is CC(=O)NC(C)c1ccc2nc(-c3ccc(Oc4cccc(OCC5CC5)c4)nn3)oc2c1. The molecule has 2 aromatic heterocycles. The van der Waals surface area contributed by atoms with Crippen molar-refractivity contribution in [1.29, 1.82) is 0 Å². The number of hydrogen-bond donors (Lipinski definition) is 1. The van der Waals surface area contributed by atoms with Crippen molar-refractivity contribution >= 4 is 17.0 Å². The molecule has 0 saturated heterocycles. The van der Waals surface area contributed by atoms with E-state index < -0.39 is 0 Å². The number of nitrogens with zero attached hydrogens (tertiary/aromatic N) is 3. The monoisotopic (exact) mass is 444 g/mol. The van der Waals surface area contributed by atoms with Crippen LogP contribution in [0.5, 0.6) is 17.4 Å². The highest BCUT2D eigenvalue weighted by Gasteiger charge is 2.22. The third kappa shape index (κ3) is 5.11. The Kier molecular flexibility index (Phi) is 5.64. The van der Waals surface area contributed by atoms with Crippen molar-refractivity contribution in [1.82, 2.24) is 20.5 Å². The zero-order chi connectivity index (χ0) is 22.8. The molecular formula is C25H24N4O4. The molecule has 1 amide bonds. The second-order valence-corrected chi connectivity index (χ2v) is 8.26. The molecule has 1 unspecified atom stereocenters. The molecule has 168 valence electrons. The highest BCUT2D eigenvalue weighted by molar-refractivity contribution is 5.77. The minimum absolute atomic E-state index is 0.0871. The first-order valence-electron chi connectivity index (χ1n) is 11.0. The van der Waals surface area contributed by atoms with E-state index in [9.17, 15) is 4.79 Å². The van der Waals surface area contributed by atoms with E-state index in [1.54, 1.807) is 12.1 Å². The lowest BCUT2D eigenvalue weighted by Gasteiger charge is -2.12. The van der Waals surface area contributed by atoms with Gasteiger partial charge in [-0.2, -0.15) is 0 Å². The van der Waals surface area contributed by atoms with Gasteiger partial charge < -0.3 is 19.2 Å². The van der Waals surface area contributed by atoms with Gasteiger partial charge in [-0.05, 0) is 61.6 Å². The number of fused-ring (bicyclic) bond motifs is 1. The number of aromatic nitrogens is 3. The minimum Gasteiger partial charge on any atom is -0.493 e. The molecule has 1 atom stereocenters. The van der Waals surface area contributed by atoms with Crippen LogP contribution < -0.4 is 14.8 Å². The van der Waals surface area contributed by atoms with Gasteiger partial charge >= 0.3 is 0 Å². The van der Waals surface area contributed by atoms with E-state index >= 15 is 0 Å². The Hall–Kier alpha value is -3.94. The van der Waals surface area contributed by atoms with Crippen LogP contribution in [0.25, 0.3) is 22.7 Å². The summed E-state index contributed by atoms with van der Waals surface area (Å²) in [5.74, 6) is 2.74. The molecule has 0 bridgehead atoms. The Balaban J connectivity index is 1.29. The second-order valence-electron chi connectivity index (χ2n) is 8.26. The van der Waals surface area contributed by atoms with Crippen LogP contribution in [-0.4, -0.2) is 27.7 Å². The molecule has 0 spiro atoms. The molecule has 8 heteroatoms. The molecule has 1 aliphatic rings. The van der Waals surface area contributed by atoms with Crippen LogP contribution >= 0.6 is 0 Å². The molecule has 2 aromatic carbocycles. The van der Waals surface area contributed by atoms with Crippen molar-refractivity contribution in [3.05, 3.63) is 60.2 Å². The van der Waals surface area contributed by atoms with E-state index in [2.05, 4.69) is 20.5 Å². The van der Waals surface area contributed by atoms with Gasteiger partial charge in [0.15, 0.2) is 5.58 Å². The maximum Gasteiger partial charge on any atom is 0.248 e. The van der Waals surface area contributed by atoms with Crippen LogP contribution in [0.15, 0.2) is 59.0 Å². The lowest BCUT2D eigenvalue weighted by molar-refractivity contribution is -0.119. The number of hydrogen-bond acceptors (Lipinski definition) is 7. The molecule has 1 saturated carbocycles. The van der Waals surface area contributed by atoms with Crippen LogP contribution in [0.3, 0.4) is 0 Å². The van der Waals surface area contributed by atoms with Gasteiger partial charge in [-0.3, -0.25) is 4.79 Å². The topological polar surface area (TPSA) is 99.4 Å². The van der Waals surface area contributed by atoms with Crippen molar-refractivity contribution in [2.24, 2.45) is 5.92 Å². The maximum atomic E-state index is 11.3. The van der Waals surface area contributed by atoms with E-state index in [0.717, 1.165) is 17.9 Å². The molecule has 1 fully saturated rings. The summed E-state index contributed by atoms with van der Waals surface area (Å²) < 4.78 is 17.5. The van der Waals surface area contributed by atoms with Crippen molar-refractivity contribution < 1.29 is 18.7 Å². The molecule has 8 nitrogen and oxygen atoms in total. The van der Waals surface area contributed by atoms with Gasteiger partial charge in [-0.25, -0.2) is 4.98 Å². The molecular weight excluding hydrogens is 420 g/mol. The normalized spacial score (nSPS) is 14.1. The average molecular weight is 444 g/mol. The number of ether oxygens (including phenoxy) is 2. The Morgan fingerprint density at radius 1 is 1.12 bits per heavy atom. The van der Waals surface area contributed by atoms with Crippen molar-refractivity contribution in [3.63, 3.8) is 0 Å². The first-order valence-corrected chi connectivity index (χ1v) is 11.0. The summed E-state index contributed by atoms with van der Waals surface area (Å²) in [6.07, 6.45) is 2.49. The summed E-state index contributed by atoms with van der Waals surface area (Å²) in [7, 11) is 0. The lowest BCUT2D eigenvalue weighted by atomic mass is 10.1. The van der Waals surface area contributed by atoms with Crippen LogP contribution in [-0.2, 0) is 4.79 Å². The highest BCUT2D eigenvalue weighted by atomic mass is 16.5. The van der Waals surface area contributed by atoms with Crippen LogP contribution in [0.2, 0.25) is 0 Å². The second kappa shape index (κ2) is 8.90. The summed E-state index contributed by atoms with van der Waals surface area (Å²) in [4.78, 5) is 15.8. The fraction of sp³-hybridized carbons (Fsp3) is 0.280. The molecule has 4 aromatic rings. The summed E-state index contributed by atoms with van der Waals surface area (Å²) in [5.41, 5.74) is 2.74. The molecule has 2 heterocycles. The fourth-order valence-electron chi connectivity index (χ4n) is 3.44. The number of carbonyl (C=O) groups is 1. The van der Waals surface area contributed by atoms with Crippen molar-refractivity contribution in [3.8, 4) is 29.0 Å². The van der Waals surface area contributed by atoms with E-state index in [1.807, 2.05) is 49.4 Å². The maximum absolute atomic E-state index is 11.3. The van der Waals surface area contributed by atoms with E-state index in [4.69, 9.17) is 13.9 Å². The quantitative estimate of drug-likeness (QED) is 0.405. The Morgan fingerprint density at radius 2 is 1.97 bits per heavy atom. The third-order valence-electron chi connectivity index (χ3n) is 5.40. The van der Waals surface area contributed by atoms with Crippen molar-refractivity contribution in [2.75, 3.05) is 6.61 Å². The van der Waals surface area contributed by atoms with E-state index in [-0.39, 0.29) is 11.9 Å². The zero-order valence-corrected chi connectivity index (χ0v) is 18.4. The fourth-order valence-corrected chi connectivity index (χ4v) is 3.44. The first-order chi connectivity index (χ1) is 16.0. The predicted octanol–water partition coefficient (Wildman–Crippen LogP) is 5.06. The van der Waals surface area contributed by atoms with Gasteiger partial charge in [0, 0.05) is 19.1 Å². The Morgan fingerprint density at radius 3 is 2.73 bits per heavy atom. The number of nitrogens with one attached hydrogen (secondary N) is 1. The van der Waals surface area contributed by atoms with E-state index in [0.29, 0.717) is 40.2 Å². The number of benzene rings is 2. The number of oxazole rings is 1.